The summed E-state index contributed by atoms with van der Waals surface area (Å²) in [5, 5.41) is 0.502. The average Bonchev–Trinajstić information content (AvgIpc) is 3.18. The SMILES string of the molecule is O=C(c1cn2cc(Cl)cnc2n1)N1CCCCC[C@@H]1c1ccco1. The molecule has 1 aliphatic heterocycles. The Morgan fingerprint density at radius 3 is 3.04 bits per heavy atom. The molecular formula is C17H17ClN4O2. The highest BCUT2D eigenvalue weighted by Gasteiger charge is 2.30. The molecule has 0 radical (unpaired) electrons. The minimum atomic E-state index is -0.0973. The minimum absolute atomic E-state index is 0.0450. The van der Waals surface area contributed by atoms with Crippen LogP contribution in [-0.4, -0.2) is 31.7 Å². The van der Waals surface area contributed by atoms with Crippen LogP contribution in [0.5, 0.6) is 0 Å². The van der Waals surface area contributed by atoms with Crippen LogP contribution in [0.4, 0.5) is 0 Å². The van der Waals surface area contributed by atoms with Gasteiger partial charge in [-0.25, -0.2) is 9.97 Å². The van der Waals surface area contributed by atoms with Crippen LogP contribution in [-0.2, 0) is 0 Å². The Balaban J connectivity index is 1.69. The van der Waals surface area contributed by atoms with E-state index in [1.807, 2.05) is 17.0 Å². The second-order valence-electron chi connectivity index (χ2n) is 5.98. The van der Waals surface area contributed by atoms with Crippen molar-refractivity contribution in [3.8, 4) is 0 Å². The van der Waals surface area contributed by atoms with Crippen molar-refractivity contribution >= 4 is 23.3 Å². The Bertz CT molecular complexity index is 859. The van der Waals surface area contributed by atoms with Gasteiger partial charge in [0.05, 0.1) is 23.5 Å². The molecule has 1 atom stereocenters. The number of furan rings is 1. The summed E-state index contributed by atoms with van der Waals surface area (Å²) < 4.78 is 7.25. The van der Waals surface area contributed by atoms with Crippen LogP contribution < -0.4 is 0 Å². The van der Waals surface area contributed by atoms with Crippen LogP contribution >= 0.6 is 11.6 Å². The molecular weight excluding hydrogens is 328 g/mol. The van der Waals surface area contributed by atoms with E-state index in [-0.39, 0.29) is 11.9 Å². The third-order valence-corrected chi connectivity index (χ3v) is 4.58. The van der Waals surface area contributed by atoms with Crippen molar-refractivity contribution in [1.82, 2.24) is 19.3 Å². The average molecular weight is 345 g/mol. The summed E-state index contributed by atoms with van der Waals surface area (Å²) in [6, 6.07) is 3.75. The van der Waals surface area contributed by atoms with E-state index in [9.17, 15) is 4.79 Å². The van der Waals surface area contributed by atoms with Crippen molar-refractivity contribution in [3.63, 3.8) is 0 Å². The molecule has 1 saturated heterocycles. The second-order valence-corrected chi connectivity index (χ2v) is 6.42. The molecule has 0 aliphatic carbocycles. The first-order valence-corrected chi connectivity index (χ1v) is 8.45. The summed E-state index contributed by atoms with van der Waals surface area (Å²) >= 11 is 5.95. The fraction of sp³-hybridized carbons (Fsp3) is 0.353. The summed E-state index contributed by atoms with van der Waals surface area (Å²) in [6.07, 6.45) is 10.6. The number of fused-ring (bicyclic) bond motifs is 1. The van der Waals surface area contributed by atoms with Gasteiger partial charge in [-0.2, -0.15) is 0 Å². The molecule has 4 rings (SSSR count). The number of rotatable bonds is 2. The van der Waals surface area contributed by atoms with Crippen molar-refractivity contribution in [1.29, 1.82) is 0 Å². The third kappa shape index (κ3) is 2.78. The smallest absolute Gasteiger partial charge is 0.274 e. The number of hydrogen-bond acceptors (Lipinski definition) is 4. The molecule has 3 aromatic rings. The molecule has 6 nitrogen and oxygen atoms in total. The third-order valence-electron chi connectivity index (χ3n) is 4.38. The molecule has 0 N–H and O–H groups in total. The number of carbonyl (C=O) groups excluding carboxylic acids is 1. The van der Waals surface area contributed by atoms with Crippen LogP contribution in [0, 0.1) is 0 Å². The quantitative estimate of drug-likeness (QED) is 0.710. The highest BCUT2D eigenvalue weighted by atomic mass is 35.5. The molecule has 3 aromatic heterocycles. The molecule has 24 heavy (non-hydrogen) atoms. The standard InChI is InChI=1S/C17H17ClN4O2/c18-12-9-19-17-20-13(11-21(17)10-12)16(23)22-7-3-1-2-5-14(22)15-6-4-8-24-15/h4,6,8-11,14H,1-3,5,7H2/t14-/m1/s1. The van der Waals surface area contributed by atoms with Gasteiger partial charge in [0.1, 0.15) is 11.5 Å². The van der Waals surface area contributed by atoms with Crippen molar-refractivity contribution in [2.24, 2.45) is 0 Å². The zero-order valence-corrected chi connectivity index (χ0v) is 13.8. The summed E-state index contributed by atoms with van der Waals surface area (Å²) in [4.78, 5) is 23.4. The minimum Gasteiger partial charge on any atom is -0.467 e. The van der Waals surface area contributed by atoms with Crippen LogP contribution in [0.15, 0.2) is 41.4 Å². The topological polar surface area (TPSA) is 63.6 Å². The Morgan fingerprint density at radius 1 is 1.29 bits per heavy atom. The van der Waals surface area contributed by atoms with Crippen molar-refractivity contribution in [3.05, 3.63) is 53.5 Å². The Morgan fingerprint density at radius 2 is 2.21 bits per heavy atom. The fourth-order valence-corrected chi connectivity index (χ4v) is 3.39. The fourth-order valence-electron chi connectivity index (χ4n) is 3.24. The van der Waals surface area contributed by atoms with Gasteiger partial charge in [-0.15, -0.1) is 0 Å². The number of imidazole rings is 1. The Hall–Kier alpha value is -2.34. The molecule has 4 heterocycles. The molecule has 1 aliphatic rings. The van der Waals surface area contributed by atoms with Gasteiger partial charge in [-0.1, -0.05) is 24.4 Å². The van der Waals surface area contributed by atoms with Gasteiger partial charge < -0.3 is 9.32 Å². The summed E-state index contributed by atoms with van der Waals surface area (Å²) in [5.41, 5.74) is 0.378. The summed E-state index contributed by atoms with van der Waals surface area (Å²) in [7, 11) is 0. The maximum absolute atomic E-state index is 13.1. The normalized spacial score (nSPS) is 18.7. The number of hydrogen-bond donors (Lipinski definition) is 0. The van der Waals surface area contributed by atoms with Crippen molar-refractivity contribution in [2.75, 3.05) is 6.54 Å². The van der Waals surface area contributed by atoms with Gasteiger partial charge in [-0.3, -0.25) is 9.20 Å². The van der Waals surface area contributed by atoms with Gasteiger partial charge in [-0.05, 0) is 25.0 Å². The number of aromatic nitrogens is 3. The number of nitrogens with zero attached hydrogens (tertiary/aromatic N) is 4. The Labute approximate surface area is 144 Å². The molecule has 1 amide bonds. The number of likely N-dealkylation sites (tertiary alicyclic amines) is 1. The Kier molecular flexibility index (Phi) is 3.98. The van der Waals surface area contributed by atoms with E-state index in [2.05, 4.69) is 9.97 Å². The highest BCUT2D eigenvalue weighted by molar-refractivity contribution is 6.30. The molecule has 7 heteroatoms. The van der Waals surface area contributed by atoms with Crippen LogP contribution in [0.25, 0.3) is 5.78 Å². The van der Waals surface area contributed by atoms with E-state index in [0.29, 0.717) is 23.0 Å². The van der Waals surface area contributed by atoms with E-state index in [0.717, 1.165) is 31.4 Å². The lowest BCUT2D eigenvalue weighted by molar-refractivity contribution is 0.0653. The van der Waals surface area contributed by atoms with E-state index < -0.39 is 0 Å². The van der Waals surface area contributed by atoms with Crippen LogP contribution in [0.1, 0.15) is 48.0 Å². The second kappa shape index (κ2) is 6.28. The predicted octanol–water partition coefficient (Wildman–Crippen LogP) is 3.73. The van der Waals surface area contributed by atoms with E-state index in [1.54, 1.807) is 23.1 Å². The number of carbonyl (C=O) groups is 1. The maximum Gasteiger partial charge on any atom is 0.274 e. The summed E-state index contributed by atoms with van der Waals surface area (Å²) in [6.45, 7) is 0.701. The van der Waals surface area contributed by atoms with Gasteiger partial charge in [0.2, 0.25) is 5.78 Å². The predicted molar refractivity (Wildman–Crippen MR) is 89.0 cm³/mol. The summed E-state index contributed by atoms with van der Waals surface area (Å²) in [5.74, 6) is 1.20. The number of halogens is 1. The molecule has 1 fully saturated rings. The number of amides is 1. The van der Waals surface area contributed by atoms with Crippen molar-refractivity contribution in [2.45, 2.75) is 31.7 Å². The van der Waals surface area contributed by atoms with Gasteiger partial charge in [0.15, 0.2) is 0 Å². The molecule has 0 aromatic carbocycles. The molecule has 0 spiro atoms. The first kappa shape index (κ1) is 15.2. The van der Waals surface area contributed by atoms with Gasteiger partial charge in [0.25, 0.3) is 5.91 Å². The van der Waals surface area contributed by atoms with E-state index >= 15 is 0 Å². The van der Waals surface area contributed by atoms with E-state index in [1.165, 1.54) is 6.20 Å². The molecule has 124 valence electrons. The zero-order valence-electron chi connectivity index (χ0n) is 13.1. The lowest BCUT2D eigenvalue weighted by Crippen LogP contribution is -2.34. The molecule has 0 saturated carbocycles. The first-order chi connectivity index (χ1) is 11.7. The lowest BCUT2D eigenvalue weighted by atomic mass is 10.1. The van der Waals surface area contributed by atoms with Gasteiger partial charge in [0, 0.05) is 18.9 Å². The molecule has 0 bridgehead atoms. The monoisotopic (exact) mass is 344 g/mol. The largest absolute Gasteiger partial charge is 0.467 e. The first-order valence-electron chi connectivity index (χ1n) is 8.07. The van der Waals surface area contributed by atoms with Crippen LogP contribution in [0.3, 0.4) is 0 Å². The lowest BCUT2D eigenvalue weighted by Gasteiger charge is -2.27. The zero-order chi connectivity index (χ0) is 16.5. The van der Waals surface area contributed by atoms with Gasteiger partial charge >= 0.3 is 0 Å². The van der Waals surface area contributed by atoms with Crippen molar-refractivity contribution < 1.29 is 9.21 Å². The molecule has 0 unspecified atom stereocenters. The van der Waals surface area contributed by atoms with E-state index in [4.69, 9.17) is 16.0 Å². The highest BCUT2D eigenvalue weighted by Crippen LogP contribution is 2.31. The van der Waals surface area contributed by atoms with Crippen LogP contribution in [0.2, 0.25) is 5.02 Å². The maximum atomic E-state index is 13.1.